The van der Waals surface area contributed by atoms with Gasteiger partial charge in [-0.05, 0) is 12.3 Å². The van der Waals surface area contributed by atoms with Crippen LogP contribution < -0.4 is 21.7 Å². The minimum atomic E-state index is -1.69. The van der Waals surface area contributed by atoms with Crippen LogP contribution in [0.15, 0.2) is 12.5 Å². The molecular weight excluding hydrogens is 440 g/mol. The van der Waals surface area contributed by atoms with Gasteiger partial charge in [-0.25, -0.2) is 9.78 Å². The average Bonchev–Trinajstić information content (AvgIpc) is 3.22. The van der Waals surface area contributed by atoms with E-state index in [0.717, 1.165) is 0 Å². The van der Waals surface area contributed by atoms with Crippen molar-refractivity contribution in [3.05, 3.63) is 18.2 Å². The van der Waals surface area contributed by atoms with Gasteiger partial charge in [0.05, 0.1) is 25.4 Å². The summed E-state index contributed by atoms with van der Waals surface area (Å²) in [5, 5.41) is 33.8. The van der Waals surface area contributed by atoms with Crippen molar-refractivity contribution in [2.45, 2.75) is 57.3 Å². The molecule has 4 unspecified atom stereocenters. The Bertz CT molecular complexity index is 828. The molecule has 0 aromatic carbocycles. The maximum absolute atomic E-state index is 12.9. The van der Waals surface area contributed by atoms with Crippen LogP contribution in [-0.2, 0) is 30.4 Å². The van der Waals surface area contributed by atoms with E-state index in [-0.39, 0.29) is 12.3 Å². The third kappa shape index (κ3) is 9.65. The number of carboxylic acids is 2. The van der Waals surface area contributed by atoms with Crippen LogP contribution >= 0.6 is 0 Å². The number of carbonyl (C=O) groups is 5. The predicted molar refractivity (Wildman–Crippen MR) is 112 cm³/mol. The summed E-state index contributed by atoms with van der Waals surface area (Å²) in [6, 6.07) is -5.51. The molecule has 1 aromatic heterocycles. The molecule has 3 amide bonds. The zero-order valence-corrected chi connectivity index (χ0v) is 18.3. The van der Waals surface area contributed by atoms with Crippen LogP contribution in [0.1, 0.15) is 32.4 Å². The van der Waals surface area contributed by atoms with E-state index in [1.165, 1.54) is 12.5 Å². The smallest absolute Gasteiger partial charge is 0.328 e. The first kappa shape index (κ1) is 27.5. The number of hydrogen-bond donors (Lipinski definition) is 8. The van der Waals surface area contributed by atoms with Crippen molar-refractivity contribution in [3.63, 3.8) is 0 Å². The lowest BCUT2D eigenvalue weighted by atomic mass is 10.0. The van der Waals surface area contributed by atoms with Gasteiger partial charge in [0.25, 0.3) is 0 Å². The van der Waals surface area contributed by atoms with Crippen molar-refractivity contribution < 1.29 is 39.3 Å². The molecule has 0 aliphatic carbocycles. The van der Waals surface area contributed by atoms with Crippen LogP contribution in [0.4, 0.5) is 0 Å². The van der Waals surface area contributed by atoms with Crippen LogP contribution in [0.2, 0.25) is 0 Å². The van der Waals surface area contributed by atoms with Gasteiger partial charge in [-0.3, -0.25) is 19.2 Å². The summed E-state index contributed by atoms with van der Waals surface area (Å²) in [5.41, 5.74) is 6.34. The topological polar surface area (TPSA) is 237 Å². The second-order valence-electron chi connectivity index (χ2n) is 7.82. The maximum Gasteiger partial charge on any atom is 0.328 e. The molecule has 4 atom stereocenters. The highest BCUT2D eigenvalue weighted by molar-refractivity contribution is 5.95. The number of aromatic nitrogens is 2. The fourth-order valence-corrected chi connectivity index (χ4v) is 2.83. The van der Waals surface area contributed by atoms with E-state index in [1.54, 1.807) is 0 Å². The van der Waals surface area contributed by atoms with Gasteiger partial charge in [-0.2, -0.15) is 0 Å². The van der Waals surface area contributed by atoms with Crippen molar-refractivity contribution in [3.8, 4) is 0 Å². The Morgan fingerprint density at radius 3 is 2.06 bits per heavy atom. The van der Waals surface area contributed by atoms with Crippen molar-refractivity contribution >= 4 is 29.7 Å². The second-order valence-corrected chi connectivity index (χ2v) is 7.82. The molecule has 1 aromatic rings. The number of nitrogens with two attached hydrogens (primary N) is 1. The SMILES string of the molecule is CC(C)CC(N)C(=O)NC(Cc1cnc[nH]1)C(=O)NC(CC(=O)O)C(=O)NC(CO)C(=O)O. The molecule has 1 rings (SSSR count). The first-order chi connectivity index (χ1) is 15.4. The molecule has 0 bridgehead atoms. The molecule has 0 spiro atoms. The summed E-state index contributed by atoms with van der Waals surface area (Å²) >= 11 is 0. The Morgan fingerprint density at radius 2 is 1.58 bits per heavy atom. The number of nitrogens with one attached hydrogen (secondary N) is 4. The summed E-state index contributed by atoms with van der Waals surface area (Å²) in [7, 11) is 0. The van der Waals surface area contributed by atoms with Gasteiger partial charge in [0.2, 0.25) is 17.7 Å². The predicted octanol–water partition coefficient (Wildman–Crippen LogP) is -2.67. The van der Waals surface area contributed by atoms with Crippen molar-refractivity contribution in [1.29, 1.82) is 0 Å². The molecule has 33 heavy (non-hydrogen) atoms. The lowest BCUT2D eigenvalue weighted by Crippen LogP contribution is -2.58. The highest BCUT2D eigenvalue weighted by atomic mass is 16.4. The summed E-state index contributed by atoms with van der Waals surface area (Å²) in [6.07, 6.45) is 2.19. The molecule has 9 N–H and O–H groups in total. The molecule has 14 heteroatoms. The molecule has 0 radical (unpaired) electrons. The Labute approximate surface area is 189 Å². The Balaban J connectivity index is 3.03. The molecule has 14 nitrogen and oxygen atoms in total. The number of aliphatic carboxylic acids is 2. The normalized spacial score (nSPS) is 14.6. The first-order valence-corrected chi connectivity index (χ1v) is 10.1. The van der Waals surface area contributed by atoms with E-state index in [1.807, 2.05) is 19.2 Å². The van der Waals surface area contributed by atoms with E-state index < -0.39 is 66.9 Å². The molecule has 0 saturated heterocycles. The average molecular weight is 470 g/mol. The van der Waals surface area contributed by atoms with Gasteiger partial charge in [0.15, 0.2) is 0 Å². The van der Waals surface area contributed by atoms with Crippen LogP contribution in [0.3, 0.4) is 0 Å². The third-order valence-electron chi connectivity index (χ3n) is 4.48. The zero-order chi connectivity index (χ0) is 25.1. The van der Waals surface area contributed by atoms with E-state index in [4.69, 9.17) is 21.1 Å². The number of amides is 3. The number of carbonyl (C=O) groups excluding carboxylic acids is 3. The quantitative estimate of drug-likeness (QED) is 0.140. The number of aliphatic hydroxyl groups is 1. The van der Waals surface area contributed by atoms with Crippen molar-refractivity contribution in [2.24, 2.45) is 11.7 Å². The molecule has 0 aliphatic heterocycles. The number of rotatable bonds is 14. The van der Waals surface area contributed by atoms with Crippen LogP contribution in [0.25, 0.3) is 0 Å². The number of H-pyrrole nitrogens is 1. The van der Waals surface area contributed by atoms with Gasteiger partial charge in [-0.15, -0.1) is 0 Å². The molecule has 0 aliphatic rings. The number of hydrogen-bond acceptors (Lipinski definition) is 8. The van der Waals surface area contributed by atoms with Crippen LogP contribution in [-0.4, -0.2) is 85.7 Å². The van der Waals surface area contributed by atoms with Gasteiger partial charge in [0, 0.05) is 18.3 Å². The monoisotopic (exact) mass is 470 g/mol. The molecular formula is C19H30N6O8. The highest BCUT2D eigenvalue weighted by Gasteiger charge is 2.31. The number of carboxylic acid groups (broad SMARTS) is 2. The number of imidazole rings is 1. The fourth-order valence-electron chi connectivity index (χ4n) is 2.83. The lowest BCUT2D eigenvalue weighted by molar-refractivity contribution is -0.144. The maximum atomic E-state index is 12.9. The van der Waals surface area contributed by atoms with E-state index in [2.05, 4.69) is 20.6 Å². The Kier molecular flexibility index (Phi) is 10.9. The largest absolute Gasteiger partial charge is 0.481 e. The number of aliphatic hydroxyl groups excluding tert-OH is 1. The van der Waals surface area contributed by atoms with Gasteiger partial charge in [-0.1, -0.05) is 13.8 Å². The standard InChI is InChI=1S/C19H30N6O8/c1-9(2)3-11(20)16(29)23-12(4-10-6-21-8-22-10)17(30)24-13(5-15(27)28)18(31)25-14(7-26)19(32)33/h6,8-9,11-14,26H,3-5,7,20H2,1-2H3,(H,21,22)(H,23,29)(H,24,30)(H,25,31)(H,27,28)(H,32,33). The molecule has 0 saturated carbocycles. The number of aromatic amines is 1. The van der Waals surface area contributed by atoms with E-state index in [0.29, 0.717) is 12.1 Å². The first-order valence-electron chi connectivity index (χ1n) is 10.1. The summed E-state index contributed by atoms with van der Waals surface area (Å²) < 4.78 is 0. The van der Waals surface area contributed by atoms with Crippen LogP contribution in [0, 0.1) is 5.92 Å². The Hall–Kier alpha value is -3.52. The van der Waals surface area contributed by atoms with Crippen LogP contribution in [0.5, 0.6) is 0 Å². The molecule has 184 valence electrons. The summed E-state index contributed by atoms with van der Waals surface area (Å²) in [4.78, 5) is 66.6. The molecule has 1 heterocycles. The van der Waals surface area contributed by atoms with E-state index in [9.17, 15) is 24.0 Å². The van der Waals surface area contributed by atoms with Crippen molar-refractivity contribution in [1.82, 2.24) is 25.9 Å². The third-order valence-corrected chi connectivity index (χ3v) is 4.48. The van der Waals surface area contributed by atoms with Crippen molar-refractivity contribution in [2.75, 3.05) is 6.61 Å². The second kappa shape index (κ2) is 13.1. The minimum absolute atomic E-state index is 0.0677. The molecule has 0 fully saturated rings. The highest BCUT2D eigenvalue weighted by Crippen LogP contribution is 2.06. The van der Waals surface area contributed by atoms with E-state index >= 15 is 0 Å². The summed E-state index contributed by atoms with van der Waals surface area (Å²) in [5.74, 6) is -5.52. The zero-order valence-electron chi connectivity index (χ0n) is 18.3. The summed E-state index contributed by atoms with van der Waals surface area (Å²) in [6.45, 7) is 2.79. The minimum Gasteiger partial charge on any atom is -0.481 e. The van der Waals surface area contributed by atoms with Gasteiger partial charge >= 0.3 is 11.9 Å². The van der Waals surface area contributed by atoms with Gasteiger partial charge < -0.3 is 42.0 Å². The van der Waals surface area contributed by atoms with Gasteiger partial charge in [0.1, 0.15) is 18.1 Å². The Morgan fingerprint density at radius 1 is 1.00 bits per heavy atom. The number of nitrogens with zero attached hydrogens (tertiary/aromatic N) is 1. The fraction of sp³-hybridized carbons (Fsp3) is 0.579. The lowest BCUT2D eigenvalue weighted by Gasteiger charge is -2.24.